The summed E-state index contributed by atoms with van der Waals surface area (Å²) in [5, 5.41) is 23.3. The van der Waals surface area contributed by atoms with Gasteiger partial charge in [0.1, 0.15) is 5.75 Å². The van der Waals surface area contributed by atoms with E-state index in [1.54, 1.807) is 30.3 Å². The number of hydrogen-bond acceptors (Lipinski definition) is 5. The SMILES string of the molecule is NC(=O)c1ccc(-c2ccccc2Oc2ccccc2O)cc1NC1CCC(O)CC1. The molecule has 0 radical (unpaired) electrons. The molecular formula is C25H26N2O4. The molecule has 1 aliphatic rings. The number of aromatic hydroxyl groups is 1. The summed E-state index contributed by atoms with van der Waals surface area (Å²) in [6.07, 6.45) is 2.88. The largest absolute Gasteiger partial charge is 0.504 e. The summed E-state index contributed by atoms with van der Waals surface area (Å²) in [4.78, 5) is 12.0. The number of hydrogen-bond donors (Lipinski definition) is 4. The van der Waals surface area contributed by atoms with Crippen molar-refractivity contribution < 1.29 is 19.7 Å². The zero-order chi connectivity index (χ0) is 21.8. The molecule has 4 rings (SSSR count). The van der Waals surface area contributed by atoms with E-state index < -0.39 is 5.91 Å². The predicted octanol–water partition coefficient (Wildman–Crippen LogP) is 4.67. The van der Waals surface area contributed by atoms with Crippen LogP contribution in [0.25, 0.3) is 11.1 Å². The molecule has 6 nitrogen and oxygen atoms in total. The molecule has 0 aliphatic heterocycles. The van der Waals surface area contributed by atoms with E-state index in [0.717, 1.165) is 36.8 Å². The summed E-state index contributed by atoms with van der Waals surface area (Å²) in [5.74, 6) is 0.511. The minimum Gasteiger partial charge on any atom is -0.504 e. The Kier molecular flexibility index (Phi) is 6.09. The van der Waals surface area contributed by atoms with Crippen LogP contribution in [0.5, 0.6) is 17.2 Å². The number of benzene rings is 3. The van der Waals surface area contributed by atoms with Crippen molar-refractivity contribution in [2.24, 2.45) is 5.73 Å². The molecule has 3 aromatic carbocycles. The van der Waals surface area contributed by atoms with Gasteiger partial charge in [0, 0.05) is 17.3 Å². The maximum atomic E-state index is 12.0. The molecule has 1 saturated carbocycles. The average molecular weight is 418 g/mol. The fraction of sp³-hybridized carbons (Fsp3) is 0.240. The Labute approximate surface area is 181 Å². The van der Waals surface area contributed by atoms with Crippen LogP contribution in [0.1, 0.15) is 36.0 Å². The highest BCUT2D eigenvalue weighted by molar-refractivity contribution is 5.99. The number of amides is 1. The smallest absolute Gasteiger partial charge is 0.250 e. The van der Waals surface area contributed by atoms with Crippen LogP contribution < -0.4 is 15.8 Å². The molecule has 0 atom stereocenters. The Bertz CT molecular complexity index is 1070. The number of aliphatic hydroxyl groups is 1. The van der Waals surface area contributed by atoms with Gasteiger partial charge in [-0.05, 0) is 61.6 Å². The number of para-hydroxylation sites is 3. The first-order valence-electron chi connectivity index (χ1n) is 10.4. The van der Waals surface area contributed by atoms with Crippen LogP contribution in [0.15, 0.2) is 66.7 Å². The molecule has 1 fully saturated rings. The van der Waals surface area contributed by atoms with Gasteiger partial charge in [0.2, 0.25) is 0 Å². The molecule has 0 aromatic heterocycles. The Morgan fingerprint density at radius 3 is 2.32 bits per heavy atom. The zero-order valence-electron chi connectivity index (χ0n) is 17.1. The maximum Gasteiger partial charge on any atom is 0.250 e. The second kappa shape index (κ2) is 9.10. The Hall–Kier alpha value is -3.51. The van der Waals surface area contributed by atoms with Gasteiger partial charge in [0.15, 0.2) is 11.5 Å². The van der Waals surface area contributed by atoms with E-state index in [0.29, 0.717) is 22.7 Å². The lowest BCUT2D eigenvalue weighted by molar-refractivity contribution is 0.100. The number of phenolic OH excluding ortho intramolecular Hbond substituents is 1. The van der Waals surface area contributed by atoms with Crippen molar-refractivity contribution in [2.45, 2.75) is 37.8 Å². The lowest BCUT2D eigenvalue weighted by atomic mass is 9.92. The predicted molar refractivity (Wildman–Crippen MR) is 120 cm³/mol. The first-order valence-corrected chi connectivity index (χ1v) is 10.4. The lowest BCUT2D eigenvalue weighted by Crippen LogP contribution is -2.29. The molecule has 1 aliphatic carbocycles. The number of aliphatic hydroxyl groups excluding tert-OH is 1. The number of phenols is 1. The number of ether oxygens (including phenoxy) is 1. The molecule has 0 saturated heterocycles. The van der Waals surface area contributed by atoms with Gasteiger partial charge in [-0.25, -0.2) is 0 Å². The highest BCUT2D eigenvalue weighted by Gasteiger charge is 2.21. The molecule has 31 heavy (non-hydrogen) atoms. The normalized spacial score (nSPS) is 18.4. The van der Waals surface area contributed by atoms with E-state index in [9.17, 15) is 15.0 Å². The van der Waals surface area contributed by atoms with E-state index in [-0.39, 0.29) is 17.9 Å². The van der Waals surface area contributed by atoms with Crippen LogP contribution in [0.2, 0.25) is 0 Å². The zero-order valence-corrected chi connectivity index (χ0v) is 17.1. The van der Waals surface area contributed by atoms with Crippen LogP contribution in [-0.2, 0) is 0 Å². The standard InChI is InChI=1S/C25H26N2O4/c26-25(30)20-14-9-16(15-21(20)27-17-10-12-18(28)13-11-17)19-5-1-3-7-23(19)31-24-8-4-2-6-22(24)29/h1-9,14-15,17-18,27-29H,10-13H2,(H2,26,30). The Balaban J connectivity index is 1.67. The Morgan fingerprint density at radius 2 is 1.61 bits per heavy atom. The minimum absolute atomic E-state index is 0.0585. The van der Waals surface area contributed by atoms with Crippen LogP contribution in [0.4, 0.5) is 5.69 Å². The number of rotatable bonds is 6. The molecular weight excluding hydrogens is 392 g/mol. The number of nitrogens with two attached hydrogens (primary N) is 1. The summed E-state index contributed by atoms with van der Waals surface area (Å²) in [7, 11) is 0. The van der Waals surface area contributed by atoms with E-state index in [4.69, 9.17) is 10.5 Å². The highest BCUT2D eigenvalue weighted by atomic mass is 16.5. The van der Waals surface area contributed by atoms with Gasteiger partial charge in [0.05, 0.1) is 11.7 Å². The van der Waals surface area contributed by atoms with Gasteiger partial charge in [-0.3, -0.25) is 4.79 Å². The monoisotopic (exact) mass is 418 g/mol. The Morgan fingerprint density at radius 1 is 0.935 bits per heavy atom. The fourth-order valence-corrected chi connectivity index (χ4v) is 3.94. The third-order valence-electron chi connectivity index (χ3n) is 5.62. The summed E-state index contributed by atoms with van der Waals surface area (Å²) in [6, 6.07) is 20.0. The van der Waals surface area contributed by atoms with Crippen molar-refractivity contribution in [3.05, 3.63) is 72.3 Å². The second-order valence-electron chi connectivity index (χ2n) is 7.84. The summed E-state index contributed by atoms with van der Waals surface area (Å²) >= 11 is 0. The minimum atomic E-state index is -0.497. The number of carbonyl (C=O) groups is 1. The van der Waals surface area contributed by atoms with Gasteiger partial charge in [-0.1, -0.05) is 36.4 Å². The molecule has 1 amide bonds. The lowest BCUT2D eigenvalue weighted by Gasteiger charge is -2.28. The van der Waals surface area contributed by atoms with E-state index >= 15 is 0 Å². The molecule has 6 heteroatoms. The molecule has 160 valence electrons. The van der Waals surface area contributed by atoms with Crippen molar-refractivity contribution in [1.82, 2.24) is 0 Å². The molecule has 3 aromatic rings. The van der Waals surface area contributed by atoms with E-state index in [1.165, 1.54) is 0 Å². The first kappa shape index (κ1) is 20.8. The third kappa shape index (κ3) is 4.81. The van der Waals surface area contributed by atoms with Gasteiger partial charge >= 0.3 is 0 Å². The van der Waals surface area contributed by atoms with Crippen LogP contribution in [-0.4, -0.2) is 28.3 Å². The number of anilines is 1. The number of carbonyl (C=O) groups excluding carboxylic acids is 1. The summed E-state index contributed by atoms with van der Waals surface area (Å²) in [5.41, 5.74) is 8.38. The van der Waals surface area contributed by atoms with Gasteiger partial charge in [-0.2, -0.15) is 0 Å². The third-order valence-corrected chi connectivity index (χ3v) is 5.62. The molecule has 5 N–H and O–H groups in total. The van der Waals surface area contributed by atoms with Crippen LogP contribution in [0.3, 0.4) is 0 Å². The molecule has 0 bridgehead atoms. The molecule has 0 spiro atoms. The topological polar surface area (TPSA) is 105 Å². The van der Waals surface area contributed by atoms with Crippen molar-refractivity contribution in [3.63, 3.8) is 0 Å². The fourth-order valence-electron chi connectivity index (χ4n) is 3.94. The van der Waals surface area contributed by atoms with Crippen molar-refractivity contribution in [1.29, 1.82) is 0 Å². The number of primary amides is 1. The summed E-state index contributed by atoms with van der Waals surface area (Å²) < 4.78 is 5.98. The second-order valence-corrected chi connectivity index (χ2v) is 7.84. The van der Waals surface area contributed by atoms with Crippen molar-refractivity contribution in [3.8, 4) is 28.4 Å². The average Bonchev–Trinajstić information content (AvgIpc) is 2.77. The maximum absolute atomic E-state index is 12.0. The first-order chi connectivity index (χ1) is 15.0. The molecule has 0 heterocycles. The van der Waals surface area contributed by atoms with Crippen molar-refractivity contribution >= 4 is 11.6 Å². The van der Waals surface area contributed by atoms with Gasteiger partial charge in [-0.15, -0.1) is 0 Å². The van der Waals surface area contributed by atoms with E-state index in [1.807, 2.05) is 36.4 Å². The quantitative estimate of drug-likeness (QED) is 0.466. The van der Waals surface area contributed by atoms with E-state index in [2.05, 4.69) is 5.32 Å². The molecule has 0 unspecified atom stereocenters. The summed E-state index contributed by atoms with van der Waals surface area (Å²) in [6.45, 7) is 0. The van der Waals surface area contributed by atoms with Gasteiger partial charge in [0.25, 0.3) is 5.91 Å². The van der Waals surface area contributed by atoms with Crippen LogP contribution >= 0.6 is 0 Å². The highest BCUT2D eigenvalue weighted by Crippen LogP contribution is 2.38. The van der Waals surface area contributed by atoms with Crippen LogP contribution in [0, 0.1) is 0 Å². The van der Waals surface area contributed by atoms with Crippen molar-refractivity contribution in [2.75, 3.05) is 5.32 Å². The number of nitrogens with one attached hydrogen (secondary N) is 1. The van der Waals surface area contributed by atoms with Gasteiger partial charge < -0.3 is 26.0 Å².